The fraction of sp³-hybridized carbons (Fsp3) is 0.750. The van der Waals surface area contributed by atoms with Crippen molar-refractivity contribution in [2.45, 2.75) is 46.0 Å². The zero-order valence-electron chi connectivity index (χ0n) is 8.60. The highest BCUT2D eigenvalue weighted by Crippen LogP contribution is 2.47. The first-order chi connectivity index (χ1) is 6.14. The van der Waals surface area contributed by atoms with Crippen LogP contribution in [0.15, 0.2) is 11.6 Å². The third kappa shape index (κ3) is 1.25. The van der Waals surface area contributed by atoms with E-state index in [-0.39, 0.29) is 5.41 Å². The van der Waals surface area contributed by atoms with Crippen LogP contribution in [0.5, 0.6) is 0 Å². The lowest BCUT2D eigenvalue weighted by molar-refractivity contribution is -0.127. The molecule has 2 rings (SSSR count). The molecule has 0 aliphatic heterocycles. The lowest BCUT2D eigenvalue weighted by atomic mass is 9.62. The summed E-state index contributed by atoms with van der Waals surface area (Å²) in [4.78, 5) is 11.9. The van der Waals surface area contributed by atoms with Gasteiger partial charge in [0.25, 0.3) is 0 Å². The number of ketones is 1. The van der Waals surface area contributed by atoms with Crippen LogP contribution in [0.3, 0.4) is 0 Å². The molecule has 0 N–H and O–H groups in total. The van der Waals surface area contributed by atoms with Crippen molar-refractivity contribution < 1.29 is 4.79 Å². The van der Waals surface area contributed by atoms with E-state index in [9.17, 15) is 4.79 Å². The molecule has 72 valence electrons. The Morgan fingerprint density at radius 2 is 2.31 bits per heavy atom. The van der Waals surface area contributed by atoms with Crippen LogP contribution in [0.2, 0.25) is 0 Å². The maximum Gasteiger partial charge on any atom is 0.143 e. The molecule has 0 spiro atoms. The molecule has 13 heavy (non-hydrogen) atoms. The zero-order chi connectivity index (χ0) is 9.47. The van der Waals surface area contributed by atoms with Gasteiger partial charge in [-0.1, -0.05) is 25.0 Å². The summed E-state index contributed by atoms with van der Waals surface area (Å²) in [6, 6.07) is 0. The Kier molecular flexibility index (Phi) is 2.05. The van der Waals surface area contributed by atoms with Gasteiger partial charge in [-0.3, -0.25) is 4.79 Å². The number of carbonyl (C=O) groups is 1. The Balaban J connectivity index is 2.38. The minimum atomic E-state index is -0.0735. The molecule has 2 atom stereocenters. The van der Waals surface area contributed by atoms with E-state index in [1.807, 2.05) is 0 Å². The van der Waals surface area contributed by atoms with Gasteiger partial charge in [-0.05, 0) is 32.1 Å². The predicted molar refractivity (Wildman–Crippen MR) is 53.4 cm³/mol. The van der Waals surface area contributed by atoms with E-state index in [0.29, 0.717) is 11.7 Å². The van der Waals surface area contributed by atoms with Crippen LogP contribution in [0, 0.1) is 11.3 Å². The van der Waals surface area contributed by atoms with Gasteiger partial charge < -0.3 is 0 Å². The molecule has 1 heteroatoms. The number of carbonyl (C=O) groups excluding carboxylic acids is 1. The molecule has 2 aliphatic rings. The van der Waals surface area contributed by atoms with Crippen molar-refractivity contribution in [3.63, 3.8) is 0 Å². The quantitative estimate of drug-likeness (QED) is 0.521. The standard InChI is InChI=1S/C12H18O/c1-9-5-4-8-12(2)10(9)6-3-7-11(12)13/h6,9H,3-5,7-8H2,1-2H3. The first kappa shape index (κ1) is 8.98. The zero-order valence-corrected chi connectivity index (χ0v) is 8.60. The van der Waals surface area contributed by atoms with E-state index in [2.05, 4.69) is 19.9 Å². The van der Waals surface area contributed by atoms with E-state index in [1.165, 1.54) is 18.4 Å². The van der Waals surface area contributed by atoms with Crippen molar-refractivity contribution in [2.75, 3.05) is 0 Å². The molecule has 0 saturated heterocycles. The molecule has 0 heterocycles. The van der Waals surface area contributed by atoms with E-state index >= 15 is 0 Å². The molecule has 1 saturated carbocycles. The van der Waals surface area contributed by atoms with Crippen molar-refractivity contribution in [3.05, 3.63) is 11.6 Å². The van der Waals surface area contributed by atoms with Gasteiger partial charge in [0.05, 0.1) is 0 Å². The fourth-order valence-corrected chi connectivity index (χ4v) is 2.97. The lowest BCUT2D eigenvalue weighted by Gasteiger charge is -2.41. The van der Waals surface area contributed by atoms with E-state index in [0.717, 1.165) is 19.3 Å². The fourth-order valence-electron chi connectivity index (χ4n) is 2.97. The summed E-state index contributed by atoms with van der Waals surface area (Å²) in [6.45, 7) is 4.41. The summed E-state index contributed by atoms with van der Waals surface area (Å²) < 4.78 is 0. The number of fused-ring (bicyclic) bond motifs is 1. The molecule has 1 fully saturated rings. The van der Waals surface area contributed by atoms with E-state index < -0.39 is 0 Å². The van der Waals surface area contributed by atoms with Crippen molar-refractivity contribution in [3.8, 4) is 0 Å². The second-order valence-electron chi connectivity index (χ2n) is 4.75. The smallest absolute Gasteiger partial charge is 0.143 e. The highest BCUT2D eigenvalue weighted by molar-refractivity contribution is 5.89. The average Bonchev–Trinajstić information content (AvgIpc) is 2.08. The summed E-state index contributed by atoms with van der Waals surface area (Å²) in [7, 11) is 0. The Hall–Kier alpha value is -0.590. The van der Waals surface area contributed by atoms with E-state index in [4.69, 9.17) is 0 Å². The van der Waals surface area contributed by atoms with Gasteiger partial charge in [0.1, 0.15) is 5.78 Å². The first-order valence-corrected chi connectivity index (χ1v) is 5.38. The van der Waals surface area contributed by atoms with Crippen molar-refractivity contribution in [1.82, 2.24) is 0 Å². The Morgan fingerprint density at radius 3 is 3.00 bits per heavy atom. The average molecular weight is 178 g/mol. The topological polar surface area (TPSA) is 17.1 Å². The molecule has 0 radical (unpaired) electrons. The lowest BCUT2D eigenvalue weighted by Crippen LogP contribution is -2.37. The van der Waals surface area contributed by atoms with Gasteiger partial charge in [0.2, 0.25) is 0 Å². The summed E-state index contributed by atoms with van der Waals surface area (Å²) in [6.07, 6.45) is 7.66. The molecule has 0 aromatic carbocycles. The Bertz CT molecular complexity index is 264. The minimum absolute atomic E-state index is 0.0735. The van der Waals surface area contributed by atoms with Crippen LogP contribution in [0.4, 0.5) is 0 Å². The number of rotatable bonds is 0. The predicted octanol–water partition coefficient (Wildman–Crippen LogP) is 3.10. The van der Waals surface area contributed by atoms with Gasteiger partial charge in [0.15, 0.2) is 0 Å². The number of Topliss-reactive ketones (excluding diaryl/α,β-unsaturated/α-hetero) is 1. The van der Waals surface area contributed by atoms with Crippen molar-refractivity contribution >= 4 is 5.78 Å². The maximum atomic E-state index is 11.9. The van der Waals surface area contributed by atoms with Crippen molar-refractivity contribution in [1.29, 1.82) is 0 Å². The third-order valence-corrected chi connectivity index (χ3v) is 3.83. The molecule has 2 unspecified atom stereocenters. The SMILES string of the molecule is CC1CCCC2(C)C(=O)CCC=C12. The van der Waals surface area contributed by atoms with E-state index in [1.54, 1.807) is 0 Å². The van der Waals surface area contributed by atoms with Crippen molar-refractivity contribution in [2.24, 2.45) is 11.3 Å². The van der Waals surface area contributed by atoms with Gasteiger partial charge in [-0.25, -0.2) is 0 Å². The van der Waals surface area contributed by atoms with Gasteiger partial charge in [0, 0.05) is 11.8 Å². The minimum Gasteiger partial charge on any atom is -0.299 e. The second-order valence-corrected chi connectivity index (χ2v) is 4.75. The van der Waals surface area contributed by atoms with Gasteiger partial charge in [-0.15, -0.1) is 0 Å². The highest BCUT2D eigenvalue weighted by atomic mass is 16.1. The summed E-state index contributed by atoms with van der Waals surface area (Å²) >= 11 is 0. The first-order valence-electron chi connectivity index (χ1n) is 5.38. The third-order valence-electron chi connectivity index (χ3n) is 3.83. The Morgan fingerprint density at radius 1 is 1.54 bits per heavy atom. The normalized spacial score (nSPS) is 39.7. The number of hydrogen-bond donors (Lipinski definition) is 0. The van der Waals surface area contributed by atoms with Crippen LogP contribution in [0.1, 0.15) is 46.0 Å². The van der Waals surface area contributed by atoms with Gasteiger partial charge in [-0.2, -0.15) is 0 Å². The van der Waals surface area contributed by atoms with Crippen LogP contribution in [-0.4, -0.2) is 5.78 Å². The maximum absolute atomic E-state index is 11.9. The Labute approximate surface area is 80.2 Å². The van der Waals surface area contributed by atoms with Crippen LogP contribution in [-0.2, 0) is 4.79 Å². The monoisotopic (exact) mass is 178 g/mol. The largest absolute Gasteiger partial charge is 0.299 e. The van der Waals surface area contributed by atoms with Crippen LogP contribution < -0.4 is 0 Å². The molecule has 0 aromatic heterocycles. The highest BCUT2D eigenvalue weighted by Gasteiger charge is 2.42. The molecule has 0 amide bonds. The second kappa shape index (κ2) is 2.97. The summed E-state index contributed by atoms with van der Waals surface area (Å²) in [5, 5.41) is 0. The molecule has 0 bridgehead atoms. The molecular formula is C12H18O. The van der Waals surface area contributed by atoms with Crippen LogP contribution >= 0.6 is 0 Å². The summed E-state index contributed by atoms with van der Waals surface area (Å²) in [5.41, 5.74) is 1.37. The summed E-state index contributed by atoms with van der Waals surface area (Å²) in [5.74, 6) is 1.12. The molecule has 2 aliphatic carbocycles. The molecule has 1 nitrogen and oxygen atoms in total. The van der Waals surface area contributed by atoms with Gasteiger partial charge >= 0.3 is 0 Å². The molecular weight excluding hydrogens is 160 g/mol. The van der Waals surface area contributed by atoms with Crippen LogP contribution in [0.25, 0.3) is 0 Å². The molecule has 0 aromatic rings. The number of allylic oxidation sites excluding steroid dienone is 2. The number of hydrogen-bond acceptors (Lipinski definition) is 1.